The van der Waals surface area contributed by atoms with E-state index in [1.165, 1.54) is 19.3 Å². The van der Waals surface area contributed by atoms with Gasteiger partial charge in [0.15, 0.2) is 0 Å². The van der Waals surface area contributed by atoms with Gasteiger partial charge in [-0.1, -0.05) is 6.92 Å². The summed E-state index contributed by atoms with van der Waals surface area (Å²) in [5, 5.41) is 3.25. The number of hydrogen-bond donors (Lipinski definition) is 1. The summed E-state index contributed by atoms with van der Waals surface area (Å²) in [6.45, 7) is 5.80. The maximum atomic E-state index is 12.3. The normalized spacial score (nSPS) is 24.6. The molecule has 18 heavy (non-hydrogen) atoms. The van der Waals surface area contributed by atoms with E-state index in [0.717, 1.165) is 26.1 Å². The summed E-state index contributed by atoms with van der Waals surface area (Å²) in [7, 11) is 2.06. The molecule has 0 spiro atoms. The number of amides is 1. The van der Waals surface area contributed by atoms with Crippen LogP contribution < -0.4 is 5.32 Å². The van der Waals surface area contributed by atoms with Crippen LogP contribution >= 0.6 is 12.4 Å². The van der Waals surface area contributed by atoms with Crippen LogP contribution in [0, 0.1) is 0 Å². The Bertz CT molecular complexity index is 271. The van der Waals surface area contributed by atoms with E-state index in [1.54, 1.807) is 0 Å². The maximum Gasteiger partial charge on any atom is 0.236 e. The number of halogens is 1. The SMILES string of the molecule is CCC1CCCCN1C(=O)CN(C)C1CNC1.Cl. The van der Waals surface area contributed by atoms with E-state index < -0.39 is 0 Å². The summed E-state index contributed by atoms with van der Waals surface area (Å²) in [5.41, 5.74) is 0. The van der Waals surface area contributed by atoms with Crippen LogP contribution in [0.4, 0.5) is 0 Å². The minimum atomic E-state index is 0. The minimum Gasteiger partial charge on any atom is -0.339 e. The van der Waals surface area contributed by atoms with E-state index in [1.807, 2.05) is 0 Å². The van der Waals surface area contributed by atoms with Gasteiger partial charge >= 0.3 is 0 Å². The third-order valence-electron chi connectivity index (χ3n) is 4.19. The number of rotatable bonds is 4. The molecule has 5 heteroatoms. The Labute approximate surface area is 116 Å². The molecule has 2 fully saturated rings. The summed E-state index contributed by atoms with van der Waals surface area (Å²) < 4.78 is 0. The molecule has 1 unspecified atom stereocenters. The lowest BCUT2D eigenvalue weighted by molar-refractivity contribution is -0.136. The van der Waals surface area contributed by atoms with Gasteiger partial charge in [-0.15, -0.1) is 12.4 Å². The third kappa shape index (κ3) is 3.59. The predicted molar refractivity (Wildman–Crippen MR) is 76.2 cm³/mol. The van der Waals surface area contributed by atoms with Crippen LogP contribution in [0.1, 0.15) is 32.6 Å². The molecule has 0 radical (unpaired) electrons. The second-order valence-electron chi connectivity index (χ2n) is 5.37. The number of likely N-dealkylation sites (tertiary alicyclic amines) is 1. The van der Waals surface area contributed by atoms with Crippen molar-refractivity contribution >= 4 is 18.3 Å². The van der Waals surface area contributed by atoms with Crippen molar-refractivity contribution < 1.29 is 4.79 Å². The van der Waals surface area contributed by atoms with Gasteiger partial charge in [-0.25, -0.2) is 0 Å². The molecule has 1 N–H and O–H groups in total. The van der Waals surface area contributed by atoms with Crippen molar-refractivity contribution in [1.29, 1.82) is 0 Å². The van der Waals surface area contributed by atoms with Crippen molar-refractivity contribution in [2.24, 2.45) is 0 Å². The van der Waals surface area contributed by atoms with Crippen molar-refractivity contribution in [2.75, 3.05) is 33.2 Å². The van der Waals surface area contributed by atoms with Gasteiger partial charge in [0.1, 0.15) is 0 Å². The van der Waals surface area contributed by atoms with Gasteiger partial charge in [0.25, 0.3) is 0 Å². The molecular weight excluding hydrogens is 250 g/mol. The van der Waals surface area contributed by atoms with Crippen LogP contribution in [0.2, 0.25) is 0 Å². The summed E-state index contributed by atoms with van der Waals surface area (Å²) >= 11 is 0. The monoisotopic (exact) mass is 275 g/mol. The molecule has 2 aliphatic rings. The van der Waals surface area contributed by atoms with E-state index in [-0.39, 0.29) is 12.4 Å². The zero-order valence-electron chi connectivity index (χ0n) is 11.5. The lowest BCUT2D eigenvalue weighted by Crippen LogP contribution is -2.58. The third-order valence-corrected chi connectivity index (χ3v) is 4.19. The molecule has 0 aromatic rings. The van der Waals surface area contributed by atoms with Gasteiger partial charge < -0.3 is 10.2 Å². The molecule has 1 atom stereocenters. The second-order valence-corrected chi connectivity index (χ2v) is 5.37. The summed E-state index contributed by atoms with van der Waals surface area (Å²) in [5.74, 6) is 0.325. The molecule has 2 rings (SSSR count). The zero-order chi connectivity index (χ0) is 12.3. The molecule has 0 aromatic heterocycles. The lowest BCUT2D eigenvalue weighted by Gasteiger charge is -2.39. The molecular formula is C13H26ClN3O. The average Bonchev–Trinajstić information content (AvgIpc) is 2.26. The van der Waals surface area contributed by atoms with Crippen molar-refractivity contribution in [3.05, 3.63) is 0 Å². The Morgan fingerprint density at radius 2 is 2.11 bits per heavy atom. The van der Waals surface area contributed by atoms with E-state index in [9.17, 15) is 4.79 Å². The molecule has 1 amide bonds. The van der Waals surface area contributed by atoms with Crippen molar-refractivity contribution in [3.63, 3.8) is 0 Å². The largest absolute Gasteiger partial charge is 0.339 e. The van der Waals surface area contributed by atoms with Gasteiger partial charge in [0, 0.05) is 31.7 Å². The fourth-order valence-corrected chi connectivity index (χ4v) is 2.77. The number of piperidine rings is 1. The van der Waals surface area contributed by atoms with Crippen LogP contribution in [0.15, 0.2) is 0 Å². The molecule has 0 saturated carbocycles. The fraction of sp³-hybridized carbons (Fsp3) is 0.923. The Morgan fingerprint density at radius 1 is 1.39 bits per heavy atom. The highest BCUT2D eigenvalue weighted by Crippen LogP contribution is 2.19. The molecule has 106 valence electrons. The first-order valence-corrected chi connectivity index (χ1v) is 6.92. The van der Waals surface area contributed by atoms with Gasteiger partial charge in [-0.3, -0.25) is 9.69 Å². The average molecular weight is 276 g/mol. The van der Waals surface area contributed by atoms with Gasteiger partial charge in [0.2, 0.25) is 5.91 Å². The van der Waals surface area contributed by atoms with Gasteiger partial charge in [0.05, 0.1) is 6.54 Å². The van der Waals surface area contributed by atoms with Crippen molar-refractivity contribution in [1.82, 2.24) is 15.1 Å². The van der Waals surface area contributed by atoms with E-state index in [0.29, 0.717) is 24.5 Å². The minimum absolute atomic E-state index is 0. The molecule has 4 nitrogen and oxygen atoms in total. The van der Waals surface area contributed by atoms with Gasteiger partial charge in [-0.05, 0) is 32.7 Å². The first-order valence-electron chi connectivity index (χ1n) is 6.92. The molecule has 2 aliphatic heterocycles. The number of hydrogen-bond acceptors (Lipinski definition) is 3. The van der Waals surface area contributed by atoms with Crippen LogP contribution in [-0.2, 0) is 4.79 Å². The number of nitrogens with zero attached hydrogens (tertiary/aromatic N) is 2. The number of carbonyl (C=O) groups is 1. The smallest absolute Gasteiger partial charge is 0.236 e. The highest BCUT2D eigenvalue weighted by atomic mass is 35.5. The molecule has 0 bridgehead atoms. The summed E-state index contributed by atoms with van der Waals surface area (Å²) in [6, 6.07) is 1.05. The lowest BCUT2D eigenvalue weighted by atomic mass is 10.00. The highest BCUT2D eigenvalue weighted by Gasteiger charge is 2.28. The van der Waals surface area contributed by atoms with Crippen molar-refractivity contribution in [2.45, 2.75) is 44.7 Å². The van der Waals surface area contributed by atoms with E-state index >= 15 is 0 Å². The highest BCUT2D eigenvalue weighted by molar-refractivity contribution is 5.85. The number of nitrogens with one attached hydrogen (secondary N) is 1. The quantitative estimate of drug-likeness (QED) is 0.835. The van der Waals surface area contributed by atoms with E-state index in [2.05, 4.69) is 29.1 Å². The fourth-order valence-electron chi connectivity index (χ4n) is 2.77. The van der Waals surface area contributed by atoms with Crippen LogP contribution in [0.3, 0.4) is 0 Å². The van der Waals surface area contributed by atoms with E-state index in [4.69, 9.17) is 0 Å². The second kappa shape index (κ2) is 7.31. The first-order chi connectivity index (χ1) is 8.22. The molecule has 0 aliphatic carbocycles. The predicted octanol–water partition coefficient (Wildman–Crippen LogP) is 1.10. The maximum absolute atomic E-state index is 12.3. The Hall–Kier alpha value is -0.320. The Kier molecular flexibility index (Phi) is 6.39. The van der Waals surface area contributed by atoms with Crippen LogP contribution in [-0.4, -0.2) is 61.0 Å². The number of likely N-dealkylation sites (N-methyl/N-ethyl adjacent to an activating group) is 1. The topological polar surface area (TPSA) is 35.6 Å². The Balaban J connectivity index is 0.00000162. The van der Waals surface area contributed by atoms with Crippen LogP contribution in [0.25, 0.3) is 0 Å². The van der Waals surface area contributed by atoms with Crippen LogP contribution in [0.5, 0.6) is 0 Å². The summed E-state index contributed by atoms with van der Waals surface area (Å²) in [6.07, 6.45) is 4.75. The number of carbonyl (C=O) groups excluding carboxylic acids is 1. The molecule has 2 heterocycles. The molecule has 0 aromatic carbocycles. The Morgan fingerprint density at radius 3 is 2.67 bits per heavy atom. The first kappa shape index (κ1) is 15.7. The van der Waals surface area contributed by atoms with Gasteiger partial charge in [-0.2, -0.15) is 0 Å². The zero-order valence-corrected chi connectivity index (χ0v) is 12.3. The standard InChI is InChI=1S/C13H25N3O.ClH/c1-3-11-6-4-5-7-16(11)13(17)10-15(2)12-8-14-9-12;/h11-12,14H,3-10H2,1-2H3;1H. The molecule has 2 saturated heterocycles. The van der Waals surface area contributed by atoms with Crippen molar-refractivity contribution in [3.8, 4) is 0 Å². The summed E-state index contributed by atoms with van der Waals surface area (Å²) in [4.78, 5) is 16.6.